The number of halogens is 1. The molecule has 20 heavy (non-hydrogen) atoms. The minimum atomic E-state index is 0.254. The Hall–Kier alpha value is -1.94. The Bertz CT molecular complexity index is 792. The van der Waals surface area contributed by atoms with E-state index < -0.39 is 0 Å². The van der Waals surface area contributed by atoms with E-state index in [0.717, 1.165) is 32.4 Å². The van der Waals surface area contributed by atoms with Gasteiger partial charge in [-0.15, -0.1) is 0 Å². The first-order valence-corrected chi connectivity index (χ1v) is 7.08. The van der Waals surface area contributed by atoms with E-state index in [1.54, 1.807) is 6.07 Å². The van der Waals surface area contributed by atoms with Gasteiger partial charge >= 0.3 is 0 Å². The summed E-state index contributed by atoms with van der Waals surface area (Å²) in [6.45, 7) is 3.94. The Morgan fingerprint density at radius 1 is 1.00 bits per heavy atom. The Balaban J connectivity index is 2.25. The summed E-state index contributed by atoms with van der Waals surface area (Å²) >= 11 is 3.35. The molecule has 1 N–H and O–H groups in total. The number of aromatic hydroxyl groups is 1. The van der Waals surface area contributed by atoms with E-state index in [2.05, 4.69) is 25.9 Å². The van der Waals surface area contributed by atoms with Gasteiger partial charge in [0.2, 0.25) is 0 Å². The van der Waals surface area contributed by atoms with E-state index in [-0.39, 0.29) is 5.75 Å². The quantitative estimate of drug-likeness (QED) is 0.674. The molecule has 0 spiro atoms. The normalized spacial score (nSPS) is 10.9. The van der Waals surface area contributed by atoms with Gasteiger partial charge in [0.05, 0.1) is 5.69 Å². The van der Waals surface area contributed by atoms with Gasteiger partial charge in [-0.3, -0.25) is 0 Å². The van der Waals surface area contributed by atoms with Crippen LogP contribution in [0, 0.1) is 13.8 Å². The predicted octanol–water partition coefficient (Wildman–Crippen LogP) is 4.38. The smallest absolute Gasteiger partial charge is 0.161 e. The maximum Gasteiger partial charge on any atom is 0.161 e. The average Bonchev–Trinajstić information content (AvgIpc) is 2.37. The molecule has 2 heterocycles. The van der Waals surface area contributed by atoms with E-state index >= 15 is 0 Å². The fourth-order valence-electron chi connectivity index (χ4n) is 2.39. The maximum absolute atomic E-state index is 10.2. The Labute approximate surface area is 125 Å². The topological polar surface area (TPSA) is 46.0 Å². The Kier molecular flexibility index (Phi) is 3.18. The summed E-state index contributed by atoms with van der Waals surface area (Å²) in [5.41, 5.74) is 4.20. The van der Waals surface area contributed by atoms with Crippen LogP contribution in [0.2, 0.25) is 0 Å². The lowest BCUT2D eigenvalue weighted by Crippen LogP contribution is -1.92. The molecule has 3 rings (SSSR count). The zero-order chi connectivity index (χ0) is 14.3. The molecule has 0 unspecified atom stereocenters. The van der Waals surface area contributed by atoms with Crippen LogP contribution in [0.15, 0.2) is 41.0 Å². The minimum absolute atomic E-state index is 0.254. The summed E-state index contributed by atoms with van der Waals surface area (Å²) in [5, 5.41) is 11.2. The third-order valence-electron chi connectivity index (χ3n) is 3.23. The van der Waals surface area contributed by atoms with Crippen molar-refractivity contribution in [2.24, 2.45) is 0 Å². The Morgan fingerprint density at radius 2 is 1.75 bits per heavy atom. The van der Waals surface area contributed by atoms with Crippen molar-refractivity contribution in [2.75, 3.05) is 0 Å². The van der Waals surface area contributed by atoms with Gasteiger partial charge in [0.25, 0.3) is 0 Å². The highest BCUT2D eigenvalue weighted by atomic mass is 79.9. The third kappa shape index (κ3) is 2.27. The van der Waals surface area contributed by atoms with Crippen LogP contribution in [0.1, 0.15) is 11.1 Å². The zero-order valence-corrected chi connectivity index (χ0v) is 12.8. The second kappa shape index (κ2) is 4.87. The molecule has 0 amide bonds. The van der Waals surface area contributed by atoms with Crippen LogP contribution < -0.4 is 0 Å². The lowest BCUT2D eigenvalue weighted by Gasteiger charge is -2.10. The number of nitrogens with zero attached hydrogens (tertiary/aromatic N) is 2. The second-order valence-electron chi connectivity index (χ2n) is 4.85. The highest BCUT2D eigenvalue weighted by Gasteiger charge is 2.11. The molecule has 0 atom stereocenters. The molecule has 0 aliphatic rings. The summed E-state index contributed by atoms with van der Waals surface area (Å²) in [7, 11) is 0. The first-order valence-electron chi connectivity index (χ1n) is 6.28. The van der Waals surface area contributed by atoms with E-state index in [0.29, 0.717) is 5.65 Å². The number of hydrogen-bond acceptors (Lipinski definition) is 3. The molecule has 0 saturated carbocycles. The molecule has 0 aliphatic carbocycles. The number of phenols is 1. The van der Waals surface area contributed by atoms with Crippen LogP contribution in [0.25, 0.3) is 22.3 Å². The van der Waals surface area contributed by atoms with Gasteiger partial charge < -0.3 is 5.11 Å². The zero-order valence-electron chi connectivity index (χ0n) is 11.2. The summed E-state index contributed by atoms with van der Waals surface area (Å²) in [6.07, 6.45) is 0. The molecule has 1 aromatic carbocycles. The van der Waals surface area contributed by atoms with E-state index in [1.165, 1.54) is 0 Å². The van der Waals surface area contributed by atoms with Crippen LogP contribution in [0.3, 0.4) is 0 Å². The first kappa shape index (κ1) is 13.1. The van der Waals surface area contributed by atoms with Crippen LogP contribution in [0.5, 0.6) is 5.75 Å². The number of hydrogen-bond donors (Lipinski definition) is 1. The Morgan fingerprint density at radius 3 is 2.50 bits per heavy atom. The fraction of sp³-hybridized carbons (Fsp3) is 0.125. The number of pyridine rings is 2. The lowest BCUT2D eigenvalue weighted by molar-refractivity contribution is 0.476. The van der Waals surface area contributed by atoms with Crippen molar-refractivity contribution in [1.29, 1.82) is 0 Å². The molecular weight excluding hydrogens is 316 g/mol. The number of aryl methyl sites for hydroxylation is 2. The summed E-state index contributed by atoms with van der Waals surface area (Å²) < 4.78 is 0.750. The fourth-order valence-corrected chi connectivity index (χ4v) is 2.69. The average molecular weight is 329 g/mol. The molecular formula is C16H13BrN2O. The molecule has 2 aromatic heterocycles. The molecule has 3 nitrogen and oxygen atoms in total. The van der Waals surface area contributed by atoms with E-state index in [1.807, 2.05) is 44.2 Å². The van der Waals surface area contributed by atoms with Gasteiger partial charge in [0.15, 0.2) is 5.65 Å². The largest absolute Gasteiger partial charge is 0.507 e. The molecule has 0 bridgehead atoms. The van der Waals surface area contributed by atoms with Crippen molar-refractivity contribution in [3.63, 3.8) is 0 Å². The molecule has 3 aromatic rings. The third-order valence-corrected chi connectivity index (χ3v) is 3.68. The monoisotopic (exact) mass is 328 g/mol. The minimum Gasteiger partial charge on any atom is -0.507 e. The number of aromatic nitrogens is 2. The molecule has 4 heteroatoms. The van der Waals surface area contributed by atoms with Crippen molar-refractivity contribution in [2.45, 2.75) is 13.8 Å². The molecule has 100 valence electrons. The van der Waals surface area contributed by atoms with Crippen LogP contribution in [-0.2, 0) is 0 Å². The SMILES string of the molecule is Cc1cc(C)c(-c2ccc3ccc(Br)nc3n2)c(O)c1. The summed E-state index contributed by atoms with van der Waals surface area (Å²) in [6, 6.07) is 11.5. The number of rotatable bonds is 1. The van der Waals surface area contributed by atoms with Crippen molar-refractivity contribution in [1.82, 2.24) is 9.97 Å². The van der Waals surface area contributed by atoms with Crippen LogP contribution in [0.4, 0.5) is 0 Å². The number of phenolic OH excluding ortho intramolecular Hbond substituents is 1. The highest BCUT2D eigenvalue weighted by molar-refractivity contribution is 9.10. The van der Waals surface area contributed by atoms with E-state index in [9.17, 15) is 5.11 Å². The maximum atomic E-state index is 10.2. The van der Waals surface area contributed by atoms with Crippen molar-refractivity contribution < 1.29 is 5.11 Å². The van der Waals surface area contributed by atoms with Gasteiger partial charge in [-0.1, -0.05) is 6.07 Å². The van der Waals surface area contributed by atoms with Crippen molar-refractivity contribution in [3.8, 4) is 17.0 Å². The lowest BCUT2D eigenvalue weighted by atomic mass is 10.0. The highest BCUT2D eigenvalue weighted by Crippen LogP contribution is 2.33. The number of benzene rings is 1. The van der Waals surface area contributed by atoms with Crippen LogP contribution in [-0.4, -0.2) is 15.1 Å². The van der Waals surface area contributed by atoms with Crippen molar-refractivity contribution in [3.05, 3.63) is 52.1 Å². The summed E-state index contributed by atoms with van der Waals surface area (Å²) in [4.78, 5) is 8.92. The predicted molar refractivity (Wildman–Crippen MR) is 83.8 cm³/mol. The van der Waals surface area contributed by atoms with Crippen molar-refractivity contribution >= 4 is 27.0 Å². The second-order valence-corrected chi connectivity index (χ2v) is 5.67. The van der Waals surface area contributed by atoms with Gasteiger partial charge in [0, 0.05) is 10.9 Å². The molecule has 0 saturated heterocycles. The van der Waals surface area contributed by atoms with Gasteiger partial charge in [0.1, 0.15) is 10.4 Å². The number of fused-ring (bicyclic) bond motifs is 1. The molecule has 0 radical (unpaired) electrons. The van der Waals surface area contributed by atoms with E-state index in [4.69, 9.17) is 0 Å². The van der Waals surface area contributed by atoms with Gasteiger partial charge in [-0.25, -0.2) is 9.97 Å². The standard InChI is InChI=1S/C16H13BrN2O/c1-9-7-10(2)15(13(20)8-9)12-5-3-11-4-6-14(17)19-16(11)18-12/h3-8,20H,1-2H3. The summed E-state index contributed by atoms with van der Waals surface area (Å²) in [5.74, 6) is 0.254. The van der Waals surface area contributed by atoms with Gasteiger partial charge in [-0.05, 0) is 71.2 Å². The first-order chi connectivity index (χ1) is 9.54. The van der Waals surface area contributed by atoms with Crippen LogP contribution >= 0.6 is 15.9 Å². The van der Waals surface area contributed by atoms with Gasteiger partial charge in [-0.2, -0.15) is 0 Å². The molecule has 0 fully saturated rings. The molecule has 0 aliphatic heterocycles.